The quantitative estimate of drug-likeness (QED) is 0.496. The van der Waals surface area contributed by atoms with Gasteiger partial charge in [-0.1, -0.05) is 0 Å². The second-order valence-electron chi connectivity index (χ2n) is 7.65. The summed E-state index contributed by atoms with van der Waals surface area (Å²) >= 11 is 0. The minimum atomic E-state index is -0.488. The van der Waals surface area contributed by atoms with Crippen LogP contribution in [0.25, 0.3) is 22.4 Å². The molecule has 156 valence electrons. The average molecular weight is 418 g/mol. The molecule has 0 radical (unpaired) electrons. The average Bonchev–Trinajstić information content (AvgIpc) is 2.77. The topological polar surface area (TPSA) is 105 Å². The predicted molar refractivity (Wildman–Crippen MR) is 115 cm³/mol. The third-order valence-electron chi connectivity index (χ3n) is 5.53. The van der Waals surface area contributed by atoms with Gasteiger partial charge in [0.1, 0.15) is 17.2 Å². The fraction of sp³-hybridized carbons (Fsp3) is 0.174. The molecule has 0 saturated heterocycles. The Labute approximate surface area is 176 Å². The summed E-state index contributed by atoms with van der Waals surface area (Å²) in [7, 11) is 0. The van der Waals surface area contributed by atoms with Gasteiger partial charge >= 0.3 is 0 Å². The van der Waals surface area contributed by atoms with Crippen LogP contribution in [0.1, 0.15) is 16.8 Å². The van der Waals surface area contributed by atoms with Gasteiger partial charge in [-0.05, 0) is 42.5 Å². The molecule has 0 atom stereocenters. The lowest BCUT2D eigenvalue weighted by Gasteiger charge is -2.27. The molecule has 8 heteroatoms. The number of aromatic nitrogens is 2. The van der Waals surface area contributed by atoms with Gasteiger partial charge in [0.05, 0.1) is 22.9 Å². The molecular formula is C23H19FN4O3. The first-order valence-corrected chi connectivity index (χ1v) is 9.88. The Balaban J connectivity index is 1.42. The van der Waals surface area contributed by atoms with Crippen molar-refractivity contribution in [3.8, 4) is 11.4 Å². The van der Waals surface area contributed by atoms with E-state index in [-0.39, 0.29) is 16.4 Å². The molecule has 0 spiro atoms. The number of nitrogens with one attached hydrogen (secondary N) is 1. The maximum atomic E-state index is 13.5. The number of fused-ring (bicyclic) bond motifs is 2. The zero-order chi connectivity index (χ0) is 21.5. The third kappa shape index (κ3) is 3.62. The Morgan fingerprint density at radius 2 is 1.97 bits per heavy atom. The van der Waals surface area contributed by atoms with Gasteiger partial charge in [-0.15, -0.1) is 0 Å². The number of halogens is 1. The maximum Gasteiger partial charge on any atom is 0.255 e. The summed E-state index contributed by atoms with van der Waals surface area (Å²) < 4.78 is 19.1. The lowest BCUT2D eigenvalue weighted by molar-refractivity contribution is 0.239. The first-order valence-electron chi connectivity index (χ1n) is 9.88. The van der Waals surface area contributed by atoms with Gasteiger partial charge in [-0.2, -0.15) is 0 Å². The van der Waals surface area contributed by atoms with Crippen LogP contribution in [0.4, 0.5) is 10.1 Å². The number of nitrogens with zero attached hydrogens (tertiary/aromatic N) is 2. The van der Waals surface area contributed by atoms with Crippen LogP contribution < -0.4 is 16.7 Å². The highest BCUT2D eigenvalue weighted by atomic mass is 19.1. The highest BCUT2D eigenvalue weighted by molar-refractivity contribution is 5.76. The van der Waals surface area contributed by atoms with E-state index in [1.54, 1.807) is 12.1 Å². The Morgan fingerprint density at radius 3 is 2.77 bits per heavy atom. The van der Waals surface area contributed by atoms with Gasteiger partial charge in [0.25, 0.3) is 5.56 Å². The van der Waals surface area contributed by atoms with E-state index in [0.717, 1.165) is 11.3 Å². The molecular weight excluding hydrogens is 399 g/mol. The fourth-order valence-corrected chi connectivity index (χ4v) is 3.89. The van der Waals surface area contributed by atoms with Gasteiger partial charge in [-0.25, -0.2) is 9.37 Å². The van der Waals surface area contributed by atoms with Crippen LogP contribution in [-0.4, -0.2) is 21.4 Å². The van der Waals surface area contributed by atoms with Crippen molar-refractivity contribution in [2.24, 2.45) is 0 Å². The lowest BCUT2D eigenvalue weighted by Crippen LogP contribution is -2.36. The second-order valence-corrected chi connectivity index (χ2v) is 7.65. The van der Waals surface area contributed by atoms with Gasteiger partial charge in [0.2, 0.25) is 0 Å². The van der Waals surface area contributed by atoms with Gasteiger partial charge in [0, 0.05) is 42.9 Å². The first-order chi connectivity index (χ1) is 15.0. The number of anilines is 1. The van der Waals surface area contributed by atoms with E-state index >= 15 is 0 Å². The predicted octanol–water partition coefficient (Wildman–Crippen LogP) is 2.82. The van der Waals surface area contributed by atoms with Gasteiger partial charge in [0.15, 0.2) is 5.43 Å². The van der Waals surface area contributed by atoms with E-state index in [9.17, 15) is 14.0 Å². The van der Waals surface area contributed by atoms with Crippen molar-refractivity contribution in [3.63, 3.8) is 0 Å². The molecule has 1 aliphatic heterocycles. The molecule has 3 N–H and O–H groups in total. The van der Waals surface area contributed by atoms with E-state index in [2.05, 4.69) is 9.97 Å². The Kier molecular flexibility index (Phi) is 4.63. The van der Waals surface area contributed by atoms with Crippen molar-refractivity contribution < 1.29 is 8.81 Å². The Bertz CT molecular complexity index is 1410. The largest absolute Gasteiger partial charge is 0.464 e. The summed E-state index contributed by atoms with van der Waals surface area (Å²) in [4.78, 5) is 34.9. The van der Waals surface area contributed by atoms with E-state index in [0.29, 0.717) is 54.3 Å². The number of nitrogen functional groups attached to an aromatic ring is 1. The molecule has 0 amide bonds. The molecule has 3 heterocycles. The summed E-state index contributed by atoms with van der Waals surface area (Å²) in [5, 5.41) is 0.211. The van der Waals surface area contributed by atoms with Crippen LogP contribution in [0.5, 0.6) is 0 Å². The van der Waals surface area contributed by atoms with Crippen LogP contribution in [0, 0.1) is 5.82 Å². The first kappa shape index (κ1) is 19.2. The molecule has 2 aromatic carbocycles. The van der Waals surface area contributed by atoms with E-state index in [1.807, 2.05) is 17.0 Å². The van der Waals surface area contributed by atoms with Crippen LogP contribution in [-0.2, 0) is 19.5 Å². The summed E-state index contributed by atoms with van der Waals surface area (Å²) in [5.41, 5.74) is 8.79. The number of nitrogens with two attached hydrogens (primary N) is 1. The lowest BCUT2D eigenvalue weighted by atomic mass is 10.1. The number of hydrogen-bond donors (Lipinski definition) is 2. The number of hydrogen-bond acceptors (Lipinski definition) is 6. The molecule has 7 nitrogen and oxygen atoms in total. The Morgan fingerprint density at radius 1 is 1.16 bits per heavy atom. The molecule has 4 aromatic rings. The van der Waals surface area contributed by atoms with Crippen molar-refractivity contribution in [2.45, 2.75) is 19.5 Å². The number of aromatic amines is 1. The summed E-state index contributed by atoms with van der Waals surface area (Å²) in [6.07, 6.45) is 1.99. The smallest absolute Gasteiger partial charge is 0.255 e. The number of rotatable bonds is 3. The minimum absolute atomic E-state index is 0.200. The summed E-state index contributed by atoms with van der Waals surface area (Å²) in [6, 6.07) is 11.0. The molecule has 31 heavy (non-hydrogen) atoms. The highest BCUT2D eigenvalue weighted by Gasteiger charge is 2.23. The molecule has 0 aliphatic carbocycles. The zero-order valence-electron chi connectivity index (χ0n) is 16.5. The SMILES string of the molecule is Nc1ccc(-c2nc3c(c(=O)[nH]2)CN(Cc2coc4ccc(F)cc4c2=O)CC3)cc1. The molecule has 5 rings (SSSR count). The standard InChI is InChI=1S/C23H19FN4O3/c24-15-3-6-20-17(9-15)21(29)14(12-31-20)10-28-8-7-19-18(11-28)23(30)27-22(26-19)13-1-4-16(25)5-2-13/h1-6,9,12H,7-8,10-11,25H2,(H,26,27,30). The normalized spacial score (nSPS) is 14.0. The van der Waals surface area contributed by atoms with Crippen molar-refractivity contribution in [2.75, 3.05) is 12.3 Å². The second kappa shape index (κ2) is 7.48. The molecule has 1 aliphatic rings. The van der Waals surface area contributed by atoms with Crippen molar-refractivity contribution >= 4 is 16.7 Å². The van der Waals surface area contributed by atoms with Crippen molar-refractivity contribution in [1.82, 2.24) is 14.9 Å². The van der Waals surface area contributed by atoms with Crippen LogP contribution in [0.3, 0.4) is 0 Å². The number of benzene rings is 2. The maximum absolute atomic E-state index is 13.5. The summed E-state index contributed by atoms with van der Waals surface area (Å²) in [6.45, 7) is 1.29. The molecule has 0 unspecified atom stereocenters. The molecule has 2 aromatic heterocycles. The van der Waals surface area contributed by atoms with Crippen molar-refractivity contribution in [3.05, 3.63) is 91.9 Å². The summed E-state index contributed by atoms with van der Waals surface area (Å²) in [5.74, 6) is 0.0211. The van der Waals surface area contributed by atoms with Gasteiger partial charge in [-0.3, -0.25) is 14.5 Å². The molecule has 0 saturated carbocycles. The Hall–Kier alpha value is -3.78. The minimum Gasteiger partial charge on any atom is -0.464 e. The van der Waals surface area contributed by atoms with Crippen LogP contribution in [0.15, 0.2) is 62.7 Å². The van der Waals surface area contributed by atoms with Crippen LogP contribution in [0.2, 0.25) is 0 Å². The van der Waals surface area contributed by atoms with Crippen molar-refractivity contribution in [1.29, 1.82) is 0 Å². The van der Waals surface area contributed by atoms with E-state index in [4.69, 9.17) is 10.2 Å². The number of H-pyrrole nitrogens is 1. The zero-order valence-corrected chi connectivity index (χ0v) is 16.5. The van der Waals surface area contributed by atoms with Crippen LogP contribution >= 0.6 is 0 Å². The highest BCUT2D eigenvalue weighted by Crippen LogP contribution is 2.21. The van der Waals surface area contributed by atoms with E-state index in [1.165, 1.54) is 24.5 Å². The van der Waals surface area contributed by atoms with E-state index < -0.39 is 5.82 Å². The van der Waals surface area contributed by atoms with Gasteiger partial charge < -0.3 is 15.1 Å². The third-order valence-corrected chi connectivity index (χ3v) is 5.53. The fourth-order valence-electron chi connectivity index (χ4n) is 3.89. The monoisotopic (exact) mass is 418 g/mol. The molecule has 0 bridgehead atoms. The molecule has 0 fully saturated rings.